The third kappa shape index (κ3) is 5.99. The van der Waals surface area contributed by atoms with Crippen molar-refractivity contribution in [2.75, 3.05) is 31.3 Å². The lowest BCUT2D eigenvalue weighted by molar-refractivity contribution is 0.0526. The van der Waals surface area contributed by atoms with Crippen LogP contribution < -0.4 is 10.6 Å². The van der Waals surface area contributed by atoms with E-state index in [0.29, 0.717) is 12.2 Å². The van der Waals surface area contributed by atoms with Gasteiger partial charge in [0.1, 0.15) is 0 Å². The number of ether oxygens (including phenoxy) is 1. The minimum atomic E-state index is -0.278. The van der Waals surface area contributed by atoms with E-state index in [2.05, 4.69) is 10.6 Å². The molecule has 0 aliphatic heterocycles. The summed E-state index contributed by atoms with van der Waals surface area (Å²) in [7, 11) is 3.72. The van der Waals surface area contributed by atoms with Crippen LogP contribution in [0.3, 0.4) is 0 Å². The van der Waals surface area contributed by atoms with Crippen molar-refractivity contribution in [3.05, 3.63) is 60.2 Å². The second-order valence-electron chi connectivity index (χ2n) is 4.17. The Morgan fingerprint density at radius 2 is 1.57 bits per heavy atom. The number of anilines is 2. The van der Waals surface area contributed by atoms with Crippen LogP contribution in [0.25, 0.3) is 0 Å². The fourth-order valence-electron chi connectivity index (χ4n) is 1.62. The van der Waals surface area contributed by atoms with Crippen LogP contribution in [0.2, 0.25) is 0 Å². The number of benzene rings is 2. The minimum Gasteiger partial charge on any atom is -0.462 e. The molecule has 21 heavy (non-hydrogen) atoms. The Balaban J connectivity index is 0.000000235. The molecule has 0 saturated carbocycles. The van der Waals surface area contributed by atoms with Crippen LogP contribution in [0, 0.1) is 0 Å². The normalized spacial score (nSPS) is 9.10. The quantitative estimate of drug-likeness (QED) is 0.843. The largest absolute Gasteiger partial charge is 0.462 e. The lowest BCUT2D eigenvalue weighted by atomic mass is 10.2. The average Bonchev–Trinajstić information content (AvgIpc) is 2.56. The maximum absolute atomic E-state index is 11.3. The molecule has 0 aliphatic carbocycles. The summed E-state index contributed by atoms with van der Waals surface area (Å²) in [5.74, 6) is -0.278. The summed E-state index contributed by atoms with van der Waals surface area (Å²) in [6.07, 6.45) is 0. The molecule has 2 aromatic carbocycles. The first-order chi connectivity index (χ1) is 10.2. The SMILES string of the molecule is CCOC(=O)c1cccc(NC)c1.CNc1ccccc1. The molecule has 0 atom stereocenters. The van der Waals surface area contributed by atoms with E-state index in [9.17, 15) is 4.79 Å². The van der Waals surface area contributed by atoms with Gasteiger partial charge in [0.2, 0.25) is 0 Å². The number of nitrogens with one attached hydrogen (secondary N) is 2. The van der Waals surface area contributed by atoms with Gasteiger partial charge in [-0.1, -0.05) is 24.3 Å². The van der Waals surface area contributed by atoms with E-state index in [1.807, 2.05) is 56.6 Å². The van der Waals surface area contributed by atoms with Crippen LogP contribution in [-0.4, -0.2) is 26.7 Å². The number of hydrogen-bond donors (Lipinski definition) is 2. The first-order valence-electron chi connectivity index (χ1n) is 6.89. The van der Waals surface area contributed by atoms with Crippen LogP contribution >= 0.6 is 0 Å². The van der Waals surface area contributed by atoms with E-state index in [4.69, 9.17) is 4.74 Å². The average molecular weight is 286 g/mol. The lowest BCUT2D eigenvalue weighted by Gasteiger charge is -2.03. The molecule has 0 radical (unpaired) electrons. The Bertz CT molecular complexity index is 541. The number of para-hydroxylation sites is 1. The van der Waals surface area contributed by atoms with Crippen LogP contribution in [-0.2, 0) is 4.74 Å². The van der Waals surface area contributed by atoms with Gasteiger partial charge in [-0.3, -0.25) is 0 Å². The Morgan fingerprint density at radius 1 is 0.952 bits per heavy atom. The van der Waals surface area contributed by atoms with Gasteiger partial charge in [0.25, 0.3) is 0 Å². The zero-order valence-corrected chi connectivity index (χ0v) is 12.7. The number of carbonyl (C=O) groups is 1. The third-order valence-corrected chi connectivity index (χ3v) is 2.72. The Labute approximate surface area is 126 Å². The molecule has 2 N–H and O–H groups in total. The summed E-state index contributed by atoms with van der Waals surface area (Å²) in [4.78, 5) is 11.3. The highest BCUT2D eigenvalue weighted by Gasteiger charge is 2.05. The smallest absolute Gasteiger partial charge is 0.338 e. The van der Waals surface area contributed by atoms with Gasteiger partial charge in [-0.2, -0.15) is 0 Å². The van der Waals surface area contributed by atoms with Crippen molar-refractivity contribution >= 4 is 17.3 Å². The molecule has 0 heterocycles. The molecular weight excluding hydrogens is 264 g/mol. The van der Waals surface area contributed by atoms with Crippen molar-refractivity contribution in [3.8, 4) is 0 Å². The Hall–Kier alpha value is -2.49. The van der Waals surface area contributed by atoms with Crippen molar-refractivity contribution in [1.29, 1.82) is 0 Å². The second kappa shape index (κ2) is 9.42. The summed E-state index contributed by atoms with van der Waals surface area (Å²) in [5.41, 5.74) is 2.65. The van der Waals surface area contributed by atoms with Gasteiger partial charge in [0.15, 0.2) is 0 Å². The number of esters is 1. The summed E-state index contributed by atoms with van der Waals surface area (Å²) in [6.45, 7) is 2.20. The van der Waals surface area contributed by atoms with E-state index < -0.39 is 0 Å². The fourth-order valence-corrected chi connectivity index (χ4v) is 1.62. The molecule has 112 valence electrons. The standard InChI is InChI=1S/C10H13NO2.C7H9N/c1-3-13-10(12)8-5-4-6-9(7-8)11-2;1-8-7-5-3-2-4-6-7/h4-7,11H,3H2,1-2H3;2-6,8H,1H3. The topological polar surface area (TPSA) is 50.4 Å². The maximum Gasteiger partial charge on any atom is 0.338 e. The molecule has 4 nitrogen and oxygen atoms in total. The van der Waals surface area contributed by atoms with Crippen LogP contribution in [0.15, 0.2) is 54.6 Å². The zero-order chi connectivity index (χ0) is 15.5. The van der Waals surface area contributed by atoms with Gasteiger partial charge >= 0.3 is 5.97 Å². The van der Waals surface area contributed by atoms with Gasteiger partial charge in [-0.25, -0.2) is 4.79 Å². The minimum absolute atomic E-state index is 0.278. The van der Waals surface area contributed by atoms with Crippen molar-refractivity contribution in [2.45, 2.75) is 6.92 Å². The monoisotopic (exact) mass is 286 g/mol. The molecule has 0 aliphatic rings. The Morgan fingerprint density at radius 3 is 2.10 bits per heavy atom. The van der Waals surface area contributed by atoms with E-state index in [-0.39, 0.29) is 5.97 Å². The van der Waals surface area contributed by atoms with Crippen LogP contribution in [0.4, 0.5) is 11.4 Å². The molecule has 0 bridgehead atoms. The molecule has 2 rings (SSSR count). The summed E-state index contributed by atoms with van der Waals surface area (Å²) in [6, 6.07) is 17.3. The molecule has 0 aromatic heterocycles. The van der Waals surface area contributed by atoms with Crippen molar-refractivity contribution in [3.63, 3.8) is 0 Å². The van der Waals surface area contributed by atoms with Gasteiger partial charge < -0.3 is 15.4 Å². The highest BCUT2D eigenvalue weighted by Crippen LogP contribution is 2.10. The number of rotatable bonds is 4. The van der Waals surface area contributed by atoms with Gasteiger partial charge in [-0.05, 0) is 37.3 Å². The molecule has 0 fully saturated rings. The van der Waals surface area contributed by atoms with Crippen molar-refractivity contribution in [1.82, 2.24) is 0 Å². The van der Waals surface area contributed by atoms with E-state index in [1.54, 1.807) is 19.1 Å². The fraction of sp³-hybridized carbons (Fsp3) is 0.235. The predicted molar refractivity (Wildman–Crippen MR) is 87.9 cm³/mol. The van der Waals surface area contributed by atoms with Gasteiger partial charge in [0, 0.05) is 25.5 Å². The van der Waals surface area contributed by atoms with Gasteiger partial charge in [-0.15, -0.1) is 0 Å². The zero-order valence-electron chi connectivity index (χ0n) is 12.7. The van der Waals surface area contributed by atoms with E-state index in [1.165, 1.54) is 0 Å². The molecular formula is C17H22N2O2. The predicted octanol–water partition coefficient (Wildman–Crippen LogP) is 3.63. The Kier molecular flexibility index (Phi) is 7.43. The molecule has 4 heteroatoms. The second-order valence-corrected chi connectivity index (χ2v) is 4.17. The summed E-state index contributed by atoms with van der Waals surface area (Å²) >= 11 is 0. The maximum atomic E-state index is 11.3. The number of carbonyl (C=O) groups excluding carboxylic acids is 1. The molecule has 0 unspecified atom stereocenters. The van der Waals surface area contributed by atoms with Crippen LogP contribution in [0.5, 0.6) is 0 Å². The third-order valence-electron chi connectivity index (χ3n) is 2.72. The first-order valence-corrected chi connectivity index (χ1v) is 6.89. The molecule has 0 saturated heterocycles. The van der Waals surface area contributed by atoms with Crippen LogP contribution in [0.1, 0.15) is 17.3 Å². The number of hydrogen-bond acceptors (Lipinski definition) is 4. The first kappa shape index (κ1) is 16.6. The molecule has 2 aromatic rings. The van der Waals surface area contributed by atoms with E-state index >= 15 is 0 Å². The molecule has 0 amide bonds. The van der Waals surface area contributed by atoms with Gasteiger partial charge in [0.05, 0.1) is 12.2 Å². The highest BCUT2D eigenvalue weighted by atomic mass is 16.5. The summed E-state index contributed by atoms with van der Waals surface area (Å²) in [5, 5.41) is 5.98. The lowest BCUT2D eigenvalue weighted by Crippen LogP contribution is -2.04. The van der Waals surface area contributed by atoms with Crippen molar-refractivity contribution in [2.24, 2.45) is 0 Å². The van der Waals surface area contributed by atoms with E-state index in [0.717, 1.165) is 11.4 Å². The van der Waals surface area contributed by atoms with Crippen molar-refractivity contribution < 1.29 is 9.53 Å². The molecule has 0 spiro atoms. The highest BCUT2D eigenvalue weighted by molar-refractivity contribution is 5.90. The summed E-state index contributed by atoms with van der Waals surface area (Å²) < 4.78 is 4.86.